The SMILES string of the molecule is COc1ccc(CS(=O)(=O)CCC(=O)O)cc1Br. The summed E-state index contributed by atoms with van der Waals surface area (Å²) < 4.78 is 29.0. The summed E-state index contributed by atoms with van der Waals surface area (Å²) in [6, 6.07) is 4.95. The Hall–Kier alpha value is -1.08. The second-order valence-corrected chi connectivity index (χ2v) is 6.74. The summed E-state index contributed by atoms with van der Waals surface area (Å²) in [4.78, 5) is 10.3. The van der Waals surface area contributed by atoms with Crippen LogP contribution in [0.15, 0.2) is 22.7 Å². The lowest BCUT2D eigenvalue weighted by Crippen LogP contribution is -2.12. The predicted octanol–water partition coefficient (Wildman–Crippen LogP) is 1.85. The molecule has 0 saturated carbocycles. The molecule has 1 aromatic carbocycles. The minimum atomic E-state index is -3.41. The minimum Gasteiger partial charge on any atom is -0.496 e. The van der Waals surface area contributed by atoms with E-state index in [4.69, 9.17) is 9.84 Å². The van der Waals surface area contributed by atoms with E-state index in [1.807, 2.05) is 0 Å². The second kappa shape index (κ2) is 6.19. The highest BCUT2D eigenvalue weighted by molar-refractivity contribution is 9.10. The van der Waals surface area contributed by atoms with E-state index in [0.717, 1.165) is 0 Å². The second-order valence-electron chi connectivity index (χ2n) is 3.70. The first-order chi connectivity index (χ1) is 8.34. The molecule has 0 saturated heterocycles. The van der Waals surface area contributed by atoms with Gasteiger partial charge in [0.2, 0.25) is 0 Å². The van der Waals surface area contributed by atoms with Crippen LogP contribution in [-0.2, 0) is 20.4 Å². The van der Waals surface area contributed by atoms with Gasteiger partial charge in [-0.15, -0.1) is 0 Å². The van der Waals surface area contributed by atoms with Gasteiger partial charge in [-0.25, -0.2) is 8.42 Å². The van der Waals surface area contributed by atoms with E-state index in [2.05, 4.69) is 15.9 Å². The number of carbonyl (C=O) groups is 1. The predicted molar refractivity (Wildman–Crippen MR) is 70.4 cm³/mol. The molecule has 0 radical (unpaired) electrons. The summed E-state index contributed by atoms with van der Waals surface area (Å²) in [5.74, 6) is -1.04. The number of hydrogen-bond donors (Lipinski definition) is 1. The zero-order valence-corrected chi connectivity index (χ0v) is 12.1. The Kier molecular flexibility index (Phi) is 5.15. The van der Waals surface area contributed by atoms with Gasteiger partial charge in [0.1, 0.15) is 5.75 Å². The van der Waals surface area contributed by atoms with E-state index in [0.29, 0.717) is 15.8 Å². The van der Waals surface area contributed by atoms with Gasteiger partial charge in [-0.3, -0.25) is 4.79 Å². The zero-order chi connectivity index (χ0) is 13.8. The molecule has 18 heavy (non-hydrogen) atoms. The summed E-state index contributed by atoms with van der Waals surface area (Å²) in [6.07, 6.45) is -0.375. The maximum atomic E-state index is 11.7. The molecule has 1 N–H and O–H groups in total. The molecule has 100 valence electrons. The molecular formula is C11H13BrO5S. The molecule has 0 aliphatic rings. The van der Waals surface area contributed by atoms with Gasteiger partial charge < -0.3 is 9.84 Å². The molecular weight excluding hydrogens is 324 g/mol. The van der Waals surface area contributed by atoms with E-state index < -0.39 is 15.8 Å². The van der Waals surface area contributed by atoms with Crippen molar-refractivity contribution in [2.45, 2.75) is 12.2 Å². The van der Waals surface area contributed by atoms with Gasteiger partial charge in [0.05, 0.1) is 29.5 Å². The van der Waals surface area contributed by atoms with Gasteiger partial charge in [0.25, 0.3) is 0 Å². The highest BCUT2D eigenvalue weighted by atomic mass is 79.9. The van der Waals surface area contributed by atoms with Crippen molar-refractivity contribution in [3.63, 3.8) is 0 Å². The number of carboxylic acids is 1. The highest BCUT2D eigenvalue weighted by Gasteiger charge is 2.15. The van der Waals surface area contributed by atoms with E-state index >= 15 is 0 Å². The van der Waals surface area contributed by atoms with Gasteiger partial charge in [0, 0.05) is 0 Å². The molecule has 0 fully saturated rings. The van der Waals surface area contributed by atoms with Crippen molar-refractivity contribution < 1.29 is 23.1 Å². The third-order valence-corrected chi connectivity index (χ3v) is 4.45. The average molecular weight is 337 g/mol. The lowest BCUT2D eigenvalue weighted by Gasteiger charge is -2.07. The molecule has 0 aliphatic carbocycles. The monoisotopic (exact) mass is 336 g/mol. The number of aliphatic carboxylic acids is 1. The standard InChI is InChI=1S/C11H13BrO5S/c1-17-10-3-2-8(6-9(10)12)7-18(15,16)5-4-11(13)14/h2-3,6H,4-5,7H2,1H3,(H,13,14). The Morgan fingerprint density at radius 1 is 1.44 bits per heavy atom. The summed E-state index contributed by atoms with van der Waals surface area (Å²) in [6.45, 7) is 0. The van der Waals surface area contributed by atoms with Crippen LogP contribution in [0.2, 0.25) is 0 Å². The molecule has 1 rings (SSSR count). The van der Waals surface area contributed by atoms with Crippen molar-refractivity contribution in [2.24, 2.45) is 0 Å². The van der Waals surface area contributed by atoms with Gasteiger partial charge in [0.15, 0.2) is 9.84 Å². The third kappa shape index (κ3) is 4.66. The molecule has 0 bridgehead atoms. The van der Waals surface area contributed by atoms with Crippen LogP contribution >= 0.6 is 15.9 Å². The normalized spacial score (nSPS) is 11.2. The van der Waals surface area contributed by atoms with Crippen LogP contribution < -0.4 is 4.74 Å². The fourth-order valence-corrected chi connectivity index (χ4v) is 3.27. The first-order valence-electron chi connectivity index (χ1n) is 5.08. The topological polar surface area (TPSA) is 80.7 Å². The molecule has 5 nitrogen and oxygen atoms in total. The molecule has 0 aromatic heterocycles. The van der Waals surface area contributed by atoms with Crippen molar-refractivity contribution >= 4 is 31.7 Å². The van der Waals surface area contributed by atoms with Crippen LogP contribution in [0.5, 0.6) is 5.75 Å². The Labute approximate surface area is 114 Å². The first kappa shape index (κ1) is 15.0. The lowest BCUT2D eigenvalue weighted by atomic mass is 10.2. The molecule has 1 aromatic rings. The quantitative estimate of drug-likeness (QED) is 0.857. The van der Waals surface area contributed by atoms with Gasteiger partial charge in [-0.05, 0) is 33.6 Å². The third-order valence-electron chi connectivity index (χ3n) is 2.23. The largest absolute Gasteiger partial charge is 0.496 e. The van der Waals surface area contributed by atoms with Crippen molar-refractivity contribution in [2.75, 3.05) is 12.9 Å². The fourth-order valence-electron chi connectivity index (χ4n) is 1.37. The number of hydrogen-bond acceptors (Lipinski definition) is 4. The summed E-state index contributed by atoms with van der Waals surface area (Å²) >= 11 is 3.26. The molecule has 7 heteroatoms. The minimum absolute atomic E-state index is 0.178. The number of sulfone groups is 1. The summed E-state index contributed by atoms with van der Waals surface area (Å²) in [7, 11) is -1.89. The highest BCUT2D eigenvalue weighted by Crippen LogP contribution is 2.26. The number of ether oxygens (including phenoxy) is 1. The van der Waals surface area contributed by atoms with E-state index in [1.54, 1.807) is 18.2 Å². The van der Waals surface area contributed by atoms with Gasteiger partial charge in [-0.1, -0.05) is 6.07 Å². The van der Waals surface area contributed by atoms with Crippen molar-refractivity contribution in [3.8, 4) is 5.75 Å². The maximum absolute atomic E-state index is 11.7. The summed E-state index contributed by atoms with van der Waals surface area (Å²) in [5, 5.41) is 8.47. The molecule has 0 atom stereocenters. The van der Waals surface area contributed by atoms with E-state index in [9.17, 15) is 13.2 Å². The number of rotatable bonds is 6. The Morgan fingerprint density at radius 3 is 2.61 bits per heavy atom. The van der Waals surface area contributed by atoms with Crippen molar-refractivity contribution in [1.82, 2.24) is 0 Å². The van der Waals surface area contributed by atoms with Crippen LogP contribution in [0.3, 0.4) is 0 Å². The Balaban J connectivity index is 2.78. The fraction of sp³-hybridized carbons (Fsp3) is 0.364. The molecule has 0 unspecified atom stereocenters. The van der Waals surface area contributed by atoms with Gasteiger partial charge in [-0.2, -0.15) is 0 Å². The van der Waals surface area contributed by atoms with Crippen LogP contribution in [0, 0.1) is 0 Å². The average Bonchev–Trinajstić information content (AvgIpc) is 2.26. The molecule has 0 amide bonds. The van der Waals surface area contributed by atoms with E-state index in [-0.39, 0.29) is 17.9 Å². The van der Waals surface area contributed by atoms with Crippen LogP contribution in [0.4, 0.5) is 0 Å². The molecule has 0 heterocycles. The van der Waals surface area contributed by atoms with Crippen LogP contribution in [0.1, 0.15) is 12.0 Å². The van der Waals surface area contributed by atoms with E-state index in [1.165, 1.54) is 7.11 Å². The number of methoxy groups -OCH3 is 1. The maximum Gasteiger partial charge on any atom is 0.304 e. The molecule has 0 aliphatic heterocycles. The van der Waals surface area contributed by atoms with Gasteiger partial charge >= 0.3 is 5.97 Å². The number of benzene rings is 1. The Bertz CT molecular complexity index is 538. The zero-order valence-electron chi connectivity index (χ0n) is 9.72. The lowest BCUT2D eigenvalue weighted by molar-refractivity contribution is -0.136. The first-order valence-corrected chi connectivity index (χ1v) is 7.70. The number of halogens is 1. The van der Waals surface area contributed by atoms with Crippen LogP contribution in [0.25, 0.3) is 0 Å². The molecule has 0 spiro atoms. The smallest absolute Gasteiger partial charge is 0.304 e. The summed E-state index contributed by atoms with van der Waals surface area (Å²) in [5.41, 5.74) is 0.591. The van der Waals surface area contributed by atoms with Crippen molar-refractivity contribution in [3.05, 3.63) is 28.2 Å². The van der Waals surface area contributed by atoms with Crippen molar-refractivity contribution in [1.29, 1.82) is 0 Å². The van der Waals surface area contributed by atoms with Crippen LogP contribution in [-0.4, -0.2) is 32.4 Å². The number of carboxylic acid groups (broad SMARTS) is 1. The Morgan fingerprint density at radius 2 is 2.11 bits per heavy atom.